The number of nitrogens with zero attached hydrogens (tertiary/aromatic N) is 2. The fraction of sp³-hybridized carbons (Fsp3) is 1.00. The fourth-order valence-corrected chi connectivity index (χ4v) is 2.69. The maximum atomic E-state index is 2.56. The molecular weight excluding hydrogens is 208 g/mol. The van der Waals surface area contributed by atoms with Crippen LogP contribution in [-0.4, -0.2) is 48.1 Å². The molecule has 102 valence electrons. The summed E-state index contributed by atoms with van der Waals surface area (Å²) in [6, 6.07) is 1.54. The molecule has 0 saturated carbocycles. The highest BCUT2D eigenvalue weighted by atomic mass is 15.2. The van der Waals surface area contributed by atoms with Crippen LogP contribution >= 0.6 is 0 Å². The maximum absolute atomic E-state index is 2.56. The van der Waals surface area contributed by atoms with E-state index in [-0.39, 0.29) is 0 Å². The van der Waals surface area contributed by atoms with E-state index >= 15 is 0 Å². The summed E-state index contributed by atoms with van der Waals surface area (Å²) in [5.41, 5.74) is 0. The third-order valence-electron chi connectivity index (χ3n) is 3.99. The van der Waals surface area contributed by atoms with Crippen LogP contribution < -0.4 is 0 Å². The van der Waals surface area contributed by atoms with Crippen LogP contribution in [0.1, 0.15) is 59.8 Å². The Kier molecular flexibility index (Phi) is 7.14. The smallest absolute Gasteiger partial charge is 0.00385 e. The van der Waals surface area contributed by atoms with Crippen LogP contribution in [0, 0.1) is 0 Å². The van der Waals surface area contributed by atoms with Crippen molar-refractivity contribution in [3.05, 3.63) is 0 Å². The van der Waals surface area contributed by atoms with Gasteiger partial charge in [0.1, 0.15) is 0 Å². The third-order valence-corrected chi connectivity index (χ3v) is 3.99. The van der Waals surface area contributed by atoms with Crippen molar-refractivity contribution in [2.24, 2.45) is 0 Å². The predicted octanol–water partition coefficient (Wildman–Crippen LogP) is 3.37. The van der Waals surface area contributed by atoms with E-state index in [1.54, 1.807) is 0 Å². The normalized spacial score (nSPS) is 22.9. The second-order valence-electron chi connectivity index (χ2n) is 6.03. The van der Waals surface area contributed by atoms with Crippen LogP contribution in [0.5, 0.6) is 0 Å². The minimum Gasteiger partial charge on any atom is -0.301 e. The first-order valence-corrected chi connectivity index (χ1v) is 7.59. The van der Waals surface area contributed by atoms with Gasteiger partial charge in [-0.2, -0.15) is 0 Å². The van der Waals surface area contributed by atoms with E-state index in [4.69, 9.17) is 0 Å². The van der Waals surface area contributed by atoms with Gasteiger partial charge in [0.2, 0.25) is 0 Å². The molecule has 0 bridgehead atoms. The first-order chi connectivity index (χ1) is 8.11. The SMILES string of the molecule is CC(C)N1CCCC1.CC(C)N1CCCCC1. The van der Waals surface area contributed by atoms with Gasteiger partial charge in [-0.05, 0) is 79.6 Å². The molecule has 2 heteroatoms. The first kappa shape index (κ1) is 15.0. The van der Waals surface area contributed by atoms with E-state index in [0.717, 1.165) is 12.1 Å². The Morgan fingerprint density at radius 3 is 1.06 bits per heavy atom. The third kappa shape index (κ3) is 5.87. The molecule has 0 unspecified atom stereocenters. The zero-order valence-electron chi connectivity index (χ0n) is 12.4. The van der Waals surface area contributed by atoms with Gasteiger partial charge in [0.05, 0.1) is 0 Å². The van der Waals surface area contributed by atoms with Crippen molar-refractivity contribution in [1.29, 1.82) is 0 Å². The van der Waals surface area contributed by atoms with E-state index in [2.05, 4.69) is 37.5 Å². The van der Waals surface area contributed by atoms with Crippen LogP contribution in [0.15, 0.2) is 0 Å². The lowest BCUT2D eigenvalue weighted by atomic mass is 10.1. The largest absolute Gasteiger partial charge is 0.301 e. The molecule has 2 saturated heterocycles. The van der Waals surface area contributed by atoms with Crippen LogP contribution in [0.3, 0.4) is 0 Å². The molecule has 0 amide bonds. The van der Waals surface area contributed by atoms with Gasteiger partial charge >= 0.3 is 0 Å². The Bertz CT molecular complexity index is 177. The number of hydrogen-bond acceptors (Lipinski definition) is 2. The van der Waals surface area contributed by atoms with Crippen LogP contribution in [-0.2, 0) is 0 Å². The van der Waals surface area contributed by atoms with E-state index in [9.17, 15) is 0 Å². The summed E-state index contributed by atoms with van der Waals surface area (Å²) in [5.74, 6) is 0. The van der Waals surface area contributed by atoms with E-state index in [1.807, 2.05) is 0 Å². The van der Waals surface area contributed by atoms with Crippen molar-refractivity contribution in [2.75, 3.05) is 26.2 Å². The molecule has 0 atom stereocenters. The minimum atomic E-state index is 0.769. The van der Waals surface area contributed by atoms with Gasteiger partial charge in [-0.15, -0.1) is 0 Å². The topological polar surface area (TPSA) is 6.48 Å². The van der Waals surface area contributed by atoms with Crippen molar-refractivity contribution in [3.63, 3.8) is 0 Å². The van der Waals surface area contributed by atoms with Crippen LogP contribution in [0.4, 0.5) is 0 Å². The molecule has 0 aromatic heterocycles. The molecule has 0 N–H and O–H groups in total. The Labute approximate surface area is 108 Å². The molecular formula is C15H32N2. The number of likely N-dealkylation sites (tertiary alicyclic amines) is 2. The summed E-state index contributed by atoms with van der Waals surface area (Å²) >= 11 is 0. The standard InChI is InChI=1S/C8H17N.C7H15N/c1-8(2)9-6-4-3-5-7-9;1-7(2)8-5-3-4-6-8/h8H,3-7H2,1-2H3;7H,3-6H2,1-2H3. The molecule has 0 spiro atoms. The van der Waals surface area contributed by atoms with E-state index in [1.165, 1.54) is 58.3 Å². The quantitative estimate of drug-likeness (QED) is 0.730. The molecule has 2 fully saturated rings. The Morgan fingerprint density at radius 2 is 0.824 bits per heavy atom. The zero-order chi connectivity index (χ0) is 12.7. The zero-order valence-corrected chi connectivity index (χ0v) is 12.4. The lowest BCUT2D eigenvalue weighted by Gasteiger charge is -2.29. The minimum absolute atomic E-state index is 0.769. The van der Waals surface area contributed by atoms with Gasteiger partial charge in [-0.1, -0.05) is 6.42 Å². The number of rotatable bonds is 2. The lowest BCUT2D eigenvalue weighted by Crippen LogP contribution is -2.35. The van der Waals surface area contributed by atoms with Crippen LogP contribution in [0.25, 0.3) is 0 Å². The summed E-state index contributed by atoms with van der Waals surface area (Å²) in [5, 5.41) is 0. The molecule has 0 radical (unpaired) electrons. The molecule has 2 nitrogen and oxygen atoms in total. The van der Waals surface area contributed by atoms with Crippen molar-refractivity contribution in [2.45, 2.75) is 71.9 Å². The molecule has 0 aliphatic carbocycles. The molecule has 2 aliphatic heterocycles. The molecule has 17 heavy (non-hydrogen) atoms. The highest BCUT2D eigenvalue weighted by molar-refractivity contribution is 4.69. The highest BCUT2D eigenvalue weighted by Gasteiger charge is 2.13. The summed E-state index contributed by atoms with van der Waals surface area (Å²) in [6.07, 6.45) is 7.11. The Morgan fingerprint density at radius 1 is 0.529 bits per heavy atom. The van der Waals surface area contributed by atoms with Gasteiger partial charge in [-0.25, -0.2) is 0 Å². The number of piperidine rings is 1. The number of hydrogen-bond donors (Lipinski definition) is 0. The fourth-order valence-electron chi connectivity index (χ4n) is 2.69. The first-order valence-electron chi connectivity index (χ1n) is 7.59. The molecule has 2 heterocycles. The summed E-state index contributed by atoms with van der Waals surface area (Å²) in [4.78, 5) is 5.09. The molecule has 0 aromatic carbocycles. The molecule has 2 aliphatic rings. The second-order valence-corrected chi connectivity index (χ2v) is 6.03. The molecule has 0 aromatic rings. The van der Waals surface area contributed by atoms with Crippen molar-refractivity contribution < 1.29 is 0 Å². The summed E-state index contributed by atoms with van der Waals surface area (Å²) < 4.78 is 0. The summed E-state index contributed by atoms with van der Waals surface area (Å²) in [6.45, 7) is 14.4. The van der Waals surface area contributed by atoms with Crippen LogP contribution in [0.2, 0.25) is 0 Å². The van der Waals surface area contributed by atoms with Crippen molar-refractivity contribution in [3.8, 4) is 0 Å². The summed E-state index contributed by atoms with van der Waals surface area (Å²) in [7, 11) is 0. The monoisotopic (exact) mass is 240 g/mol. The average molecular weight is 240 g/mol. The second kappa shape index (κ2) is 8.10. The van der Waals surface area contributed by atoms with Gasteiger partial charge in [0, 0.05) is 12.1 Å². The van der Waals surface area contributed by atoms with Gasteiger partial charge < -0.3 is 9.80 Å². The Hall–Kier alpha value is -0.0800. The van der Waals surface area contributed by atoms with Gasteiger partial charge in [0.25, 0.3) is 0 Å². The lowest BCUT2D eigenvalue weighted by molar-refractivity contribution is 0.185. The van der Waals surface area contributed by atoms with Gasteiger partial charge in [-0.3, -0.25) is 0 Å². The predicted molar refractivity (Wildman–Crippen MR) is 76.5 cm³/mol. The highest BCUT2D eigenvalue weighted by Crippen LogP contribution is 2.11. The molecule has 2 rings (SSSR count). The maximum Gasteiger partial charge on any atom is 0.00385 e. The van der Waals surface area contributed by atoms with Crippen molar-refractivity contribution >= 4 is 0 Å². The average Bonchev–Trinajstić information content (AvgIpc) is 2.84. The van der Waals surface area contributed by atoms with Crippen molar-refractivity contribution in [1.82, 2.24) is 9.80 Å². The van der Waals surface area contributed by atoms with Gasteiger partial charge in [0.15, 0.2) is 0 Å². The van der Waals surface area contributed by atoms with E-state index < -0.39 is 0 Å². The van der Waals surface area contributed by atoms with E-state index in [0.29, 0.717) is 0 Å². The Balaban J connectivity index is 0.000000171.